The second-order valence-corrected chi connectivity index (χ2v) is 14.3. The van der Waals surface area contributed by atoms with Crippen LogP contribution in [0.5, 0.6) is 0 Å². The van der Waals surface area contributed by atoms with Crippen LogP contribution in [-0.2, 0) is 12.0 Å². The van der Waals surface area contributed by atoms with Crippen LogP contribution in [0.4, 0.5) is 5.69 Å². The summed E-state index contributed by atoms with van der Waals surface area (Å²) in [6, 6.07) is 30.4. The first-order valence-corrected chi connectivity index (χ1v) is 19.0. The third-order valence-corrected chi connectivity index (χ3v) is 11.2. The molecule has 2 aromatic heterocycles. The minimum Gasteiger partial charge on any atom is -0.241 e. The summed E-state index contributed by atoms with van der Waals surface area (Å²) in [6.45, 7) is 13.6. The summed E-state index contributed by atoms with van der Waals surface area (Å²) in [5.74, 6) is 2.49. The zero-order valence-electron chi connectivity index (χ0n) is 31.2. The smallest absolute Gasteiger partial charge is 0.216 e. The molecule has 0 saturated heterocycles. The van der Waals surface area contributed by atoms with Crippen molar-refractivity contribution in [3.8, 4) is 34.0 Å². The highest BCUT2D eigenvalue weighted by Crippen LogP contribution is 2.48. The molecule has 0 bridgehead atoms. The maximum absolute atomic E-state index is 5.14. The molecule has 5 aromatic rings. The van der Waals surface area contributed by atoms with Crippen LogP contribution in [0.25, 0.3) is 39.6 Å². The van der Waals surface area contributed by atoms with E-state index in [2.05, 4.69) is 130 Å². The molecule has 2 aliphatic rings. The molecule has 6 nitrogen and oxygen atoms in total. The largest absolute Gasteiger partial charge is 0.241 e. The second kappa shape index (κ2) is 14.7. The summed E-state index contributed by atoms with van der Waals surface area (Å²) >= 11 is 0. The zero-order chi connectivity index (χ0) is 35.5. The number of pyridine rings is 1. The van der Waals surface area contributed by atoms with Gasteiger partial charge in [-0.3, -0.25) is 0 Å². The molecule has 0 spiro atoms. The summed E-state index contributed by atoms with van der Waals surface area (Å²) in [5.41, 5.74) is 11.9. The first-order valence-electron chi connectivity index (χ1n) is 19.0. The first kappa shape index (κ1) is 34.5. The number of hydrazone groups is 1. The van der Waals surface area contributed by atoms with Crippen LogP contribution in [0.3, 0.4) is 0 Å². The molecule has 6 heteroatoms. The summed E-state index contributed by atoms with van der Waals surface area (Å²) < 4.78 is 2.59. The predicted molar refractivity (Wildman–Crippen MR) is 211 cm³/mol. The van der Waals surface area contributed by atoms with Gasteiger partial charge in [-0.25, -0.2) is 20.0 Å². The molecule has 0 saturated carbocycles. The molecule has 0 aliphatic carbocycles. The molecule has 0 radical (unpaired) electrons. The lowest BCUT2D eigenvalue weighted by Gasteiger charge is -2.40. The lowest BCUT2D eigenvalue weighted by Crippen LogP contribution is -2.62. The van der Waals surface area contributed by atoms with E-state index in [1.807, 2.05) is 18.2 Å². The minimum absolute atomic E-state index is 0.0533. The van der Waals surface area contributed by atoms with Gasteiger partial charge in [0.1, 0.15) is 0 Å². The number of hydrogen-bond acceptors (Lipinski definition) is 5. The van der Waals surface area contributed by atoms with Gasteiger partial charge in [-0.1, -0.05) is 94.8 Å². The van der Waals surface area contributed by atoms with Gasteiger partial charge in [-0.15, -0.1) is 0 Å². The average Bonchev–Trinajstić information content (AvgIpc) is 3.38. The maximum atomic E-state index is 5.14. The summed E-state index contributed by atoms with van der Waals surface area (Å²) in [4.78, 5) is 15.2. The number of rotatable bonds is 10. The zero-order valence-corrected chi connectivity index (χ0v) is 31.2. The standard InChI is InChI=1S/C45H51N6/c1-7-11-17-33-21-24-35(25-22-33)43-46-42(34-18-13-12-14-19-34)47-44(48-43)36-23-20-32(6)49-51(30-36)37-26-27-38-39(29-37)41-31(5)16-15-28-50(41)45(9-3,10-4)40(38)8-2/h12-16,18-19,21-22,24-30,40H,7-11,17,20,23H2,1-6H3/q+1. The van der Waals surface area contributed by atoms with Crippen molar-refractivity contribution in [3.05, 3.63) is 120 Å². The number of benzene rings is 3. The van der Waals surface area contributed by atoms with Gasteiger partial charge in [-0.05, 0) is 75.3 Å². The normalized spacial score (nSPS) is 16.5. The number of hydrogen-bond donors (Lipinski definition) is 0. The molecular weight excluding hydrogens is 625 g/mol. The van der Waals surface area contributed by atoms with Gasteiger partial charge < -0.3 is 0 Å². The van der Waals surface area contributed by atoms with Gasteiger partial charge in [0, 0.05) is 59.0 Å². The van der Waals surface area contributed by atoms with Crippen LogP contribution in [0.15, 0.2) is 102 Å². The Hall–Kier alpha value is -4.97. The molecule has 7 rings (SSSR count). The molecule has 2 aliphatic heterocycles. The number of anilines is 1. The van der Waals surface area contributed by atoms with Crippen molar-refractivity contribution in [2.75, 3.05) is 5.01 Å². The quantitative estimate of drug-likeness (QED) is 0.138. The molecule has 1 atom stereocenters. The highest BCUT2D eigenvalue weighted by molar-refractivity contribution is 5.87. The van der Waals surface area contributed by atoms with E-state index in [4.69, 9.17) is 20.1 Å². The molecule has 0 amide bonds. The minimum atomic E-state index is 0.0533. The van der Waals surface area contributed by atoms with Crippen LogP contribution >= 0.6 is 0 Å². The molecule has 3 aromatic carbocycles. The third kappa shape index (κ3) is 6.53. The highest BCUT2D eigenvalue weighted by Gasteiger charge is 2.50. The summed E-state index contributed by atoms with van der Waals surface area (Å²) in [6.07, 6.45) is 12.8. The van der Waals surface area contributed by atoms with E-state index in [1.165, 1.54) is 40.8 Å². The number of nitrogens with zero attached hydrogens (tertiary/aromatic N) is 6. The molecule has 4 heterocycles. The van der Waals surface area contributed by atoms with Crippen LogP contribution < -0.4 is 9.58 Å². The van der Waals surface area contributed by atoms with Gasteiger partial charge in [-0.2, -0.15) is 9.67 Å². The van der Waals surface area contributed by atoms with Gasteiger partial charge in [0.15, 0.2) is 29.2 Å². The van der Waals surface area contributed by atoms with Crippen molar-refractivity contribution in [2.45, 2.75) is 104 Å². The fourth-order valence-corrected chi connectivity index (χ4v) is 8.33. The lowest BCUT2D eigenvalue weighted by molar-refractivity contribution is -0.763. The number of allylic oxidation sites excluding steroid dienone is 1. The topological polar surface area (TPSA) is 58.2 Å². The maximum Gasteiger partial charge on any atom is 0.216 e. The predicted octanol–water partition coefficient (Wildman–Crippen LogP) is 10.9. The number of fused-ring (bicyclic) bond motifs is 3. The van der Waals surface area contributed by atoms with E-state index in [-0.39, 0.29) is 5.54 Å². The Balaban J connectivity index is 1.34. The molecule has 260 valence electrons. The first-order chi connectivity index (χ1) is 24.9. The van der Waals surface area contributed by atoms with Crippen LogP contribution in [0.1, 0.15) is 108 Å². The van der Waals surface area contributed by atoms with Crippen molar-refractivity contribution >= 4 is 17.0 Å². The van der Waals surface area contributed by atoms with Crippen LogP contribution in [0, 0.1) is 6.92 Å². The Kier molecular flexibility index (Phi) is 9.95. The van der Waals surface area contributed by atoms with Gasteiger partial charge in [0.05, 0.1) is 11.3 Å². The van der Waals surface area contributed by atoms with Crippen LogP contribution in [-0.4, -0.2) is 20.7 Å². The fraction of sp³-hybridized carbons (Fsp3) is 0.356. The van der Waals surface area contributed by atoms with Crippen LogP contribution in [0.2, 0.25) is 0 Å². The number of unbranched alkanes of at least 4 members (excludes halogenated alkanes) is 1. The summed E-state index contributed by atoms with van der Waals surface area (Å²) in [5, 5.41) is 7.19. The molecule has 51 heavy (non-hydrogen) atoms. The Morgan fingerprint density at radius 3 is 2.16 bits per heavy atom. The van der Waals surface area contributed by atoms with E-state index in [0.29, 0.717) is 23.4 Å². The van der Waals surface area contributed by atoms with Crippen molar-refractivity contribution in [3.63, 3.8) is 0 Å². The van der Waals surface area contributed by atoms with Gasteiger partial charge in [0.25, 0.3) is 0 Å². The van der Waals surface area contributed by atoms with E-state index < -0.39 is 0 Å². The van der Waals surface area contributed by atoms with E-state index in [1.54, 1.807) is 0 Å². The SMILES string of the molecule is CCCCc1ccc(-c2nc(C3=CN(c4ccc5c(c4)-c4c(C)ccc[n+]4C(CC)(CC)C5CC)N=C(C)CC3)nc(-c3ccccc3)n2)cc1. The highest BCUT2D eigenvalue weighted by atomic mass is 15.4. The Morgan fingerprint density at radius 2 is 1.47 bits per heavy atom. The molecule has 1 unspecified atom stereocenters. The fourth-order valence-electron chi connectivity index (χ4n) is 8.33. The Bertz CT molecular complexity index is 2070. The van der Waals surface area contributed by atoms with Gasteiger partial charge in [0.2, 0.25) is 5.69 Å². The number of aryl methyl sites for hydroxylation is 2. The second-order valence-electron chi connectivity index (χ2n) is 14.3. The van der Waals surface area contributed by atoms with E-state index in [9.17, 15) is 0 Å². The average molecular weight is 676 g/mol. The molecular formula is C45H51N6+. The third-order valence-electron chi connectivity index (χ3n) is 11.2. The Morgan fingerprint density at radius 1 is 0.765 bits per heavy atom. The molecule has 0 N–H and O–H groups in total. The van der Waals surface area contributed by atoms with Gasteiger partial charge >= 0.3 is 0 Å². The molecule has 0 fully saturated rings. The van der Waals surface area contributed by atoms with Crippen molar-refractivity contribution in [1.29, 1.82) is 0 Å². The van der Waals surface area contributed by atoms with E-state index in [0.717, 1.165) is 66.6 Å². The van der Waals surface area contributed by atoms with Crippen molar-refractivity contribution < 1.29 is 4.57 Å². The van der Waals surface area contributed by atoms with E-state index >= 15 is 0 Å². The number of aromatic nitrogens is 4. The van der Waals surface area contributed by atoms with Crippen molar-refractivity contribution in [2.24, 2.45) is 5.10 Å². The monoisotopic (exact) mass is 675 g/mol. The Labute approximate surface area is 304 Å². The van der Waals surface area contributed by atoms with Crippen molar-refractivity contribution in [1.82, 2.24) is 15.0 Å². The lowest BCUT2D eigenvalue weighted by atomic mass is 9.69. The summed E-state index contributed by atoms with van der Waals surface area (Å²) in [7, 11) is 0.